The molecule has 1 aromatic carbocycles. The van der Waals surface area contributed by atoms with Gasteiger partial charge < -0.3 is 4.74 Å². The fourth-order valence-corrected chi connectivity index (χ4v) is 4.90. The van der Waals surface area contributed by atoms with Gasteiger partial charge in [0.2, 0.25) is 10.0 Å². The average Bonchev–Trinajstić information content (AvgIpc) is 2.93. The number of carbonyl (C=O) groups excluding carboxylic acids is 1. The van der Waals surface area contributed by atoms with Crippen molar-refractivity contribution in [1.29, 1.82) is 0 Å². The smallest absolute Gasteiger partial charge is 0.243 e. The second kappa shape index (κ2) is 6.06. The molecular formula is C15H18FNO4S. The maximum absolute atomic E-state index is 13.4. The maximum atomic E-state index is 13.4. The van der Waals surface area contributed by atoms with Crippen LogP contribution in [0.15, 0.2) is 29.2 Å². The van der Waals surface area contributed by atoms with Crippen LogP contribution in [-0.2, 0) is 19.6 Å². The van der Waals surface area contributed by atoms with Gasteiger partial charge in [-0.2, -0.15) is 4.31 Å². The first kappa shape index (κ1) is 15.6. The van der Waals surface area contributed by atoms with Crippen molar-refractivity contribution in [3.05, 3.63) is 30.1 Å². The summed E-state index contributed by atoms with van der Waals surface area (Å²) in [4.78, 5) is 11.9. The first-order valence-corrected chi connectivity index (χ1v) is 8.82. The summed E-state index contributed by atoms with van der Waals surface area (Å²) >= 11 is 0. The molecule has 1 aliphatic heterocycles. The van der Waals surface area contributed by atoms with E-state index in [-0.39, 0.29) is 36.4 Å². The van der Waals surface area contributed by atoms with Crippen molar-refractivity contribution in [2.24, 2.45) is 5.92 Å². The van der Waals surface area contributed by atoms with Gasteiger partial charge in [-0.25, -0.2) is 12.8 Å². The molecule has 0 spiro atoms. The quantitative estimate of drug-likeness (QED) is 0.846. The number of halogens is 1. The van der Waals surface area contributed by atoms with E-state index in [4.69, 9.17) is 4.74 Å². The van der Waals surface area contributed by atoms with E-state index in [0.717, 1.165) is 12.5 Å². The fraction of sp³-hybridized carbons (Fsp3) is 0.533. The summed E-state index contributed by atoms with van der Waals surface area (Å²) in [5, 5.41) is 0. The number of carbonyl (C=O) groups is 1. The lowest BCUT2D eigenvalue weighted by Gasteiger charge is -2.37. The number of nitrogens with zero attached hydrogens (tertiary/aromatic N) is 1. The predicted octanol–water partition coefficient (Wildman–Crippen LogP) is 1.58. The zero-order chi connectivity index (χ0) is 15.7. The first-order chi connectivity index (χ1) is 10.5. The Labute approximate surface area is 129 Å². The third-order valence-electron chi connectivity index (χ3n) is 4.33. The molecule has 3 rings (SSSR count). The molecule has 0 radical (unpaired) electrons. The van der Waals surface area contributed by atoms with Crippen LogP contribution in [0.1, 0.15) is 19.3 Å². The van der Waals surface area contributed by atoms with Crippen LogP contribution in [0, 0.1) is 11.7 Å². The Bertz CT molecular complexity index is 676. The van der Waals surface area contributed by atoms with E-state index in [1.807, 2.05) is 0 Å². The molecule has 1 heterocycles. The molecule has 2 fully saturated rings. The Morgan fingerprint density at radius 1 is 1.32 bits per heavy atom. The lowest BCUT2D eigenvalue weighted by atomic mass is 9.97. The third kappa shape index (κ3) is 2.80. The van der Waals surface area contributed by atoms with E-state index in [1.54, 1.807) is 0 Å². The first-order valence-electron chi connectivity index (χ1n) is 7.38. The maximum Gasteiger partial charge on any atom is 0.243 e. The Morgan fingerprint density at radius 3 is 2.82 bits per heavy atom. The molecule has 120 valence electrons. The van der Waals surface area contributed by atoms with Crippen LogP contribution in [0.3, 0.4) is 0 Å². The third-order valence-corrected chi connectivity index (χ3v) is 6.25. The molecule has 0 aromatic heterocycles. The highest BCUT2D eigenvalue weighted by Crippen LogP contribution is 2.32. The molecule has 22 heavy (non-hydrogen) atoms. The molecule has 0 N–H and O–H groups in total. The van der Waals surface area contributed by atoms with Gasteiger partial charge in [0.05, 0.1) is 24.2 Å². The van der Waals surface area contributed by atoms with Crippen LogP contribution < -0.4 is 0 Å². The number of ether oxygens (including phenoxy) is 1. The highest BCUT2D eigenvalue weighted by atomic mass is 32.2. The lowest BCUT2D eigenvalue weighted by molar-refractivity contribution is -0.123. The number of sulfonamides is 1. The normalized spacial score (nSPS) is 27.2. The van der Waals surface area contributed by atoms with Gasteiger partial charge in [-0.3, -0.25) is 4.79 Å². The van der Waals surface area contributed by atoms with Crippen LogP contribution in [0.25, 0.3) is 0 Å². The summed E-state index contributed by atoms with van der Waals surface area (Å²) < 4.78 is 45.7. The number of morpholine rings is 1. The number of hydrogen-bond acceptors (Lipinski definition) is 4. The number of ketones is 1. The van der Waals surface area contributed by atoms with Crippen molar-refractivity contribution in [3.8, 4) is 0 Å². The van der Waals surface area contributed by atoms with Gasteiger partial charge in [0.25, 0.3) is 0 Å². The molecule has 1 aliphatic carbocycles. The van der Waals surface area contributed by atoms with Gasteiger partial charge in [-0.1, -0.05) is 6.07 Å². The van der Waals surface area contributed by atoms with Crippen LogP contribution in [0.5, 0.6) is 0 Å². The molecule has 5 nitrogen and oxygen atoms in total. The average molecular weight is 327 g/mol. The molecule has 1 aromatic rings. The summed E-state index contributed by atoms with van der Waals surface area (Å²) in [6.07, 6.45) is 1.96. The zero-order valence-corrected chi connectivity index (χ0v) is 12.9. The second-order valence-electron chi connectivity index (χ2n) is 5.68. The molecule has 1 saturated heterocycles. The summed E-state index contributed by atoms with van der Waals surface area (Å²) in [5.74, 6) is -0.818. The molecule has 0 bridgehead atoms. The van der Waals surface area contributed by atoms with Gasteiger partial charge in [0.15, 0.2) is 0 Å². The van der Waals surface area contributed by atoms with Crippen LogP contribution >= 0.6 is 0 Å². The van der Waals surface area contributed by atoms with Crippen LogP contribution in [-0.4, -0.2) is 44.3 Å². The minimum absolute atomic E-state index is 0.0788. The Morgan fingerprint density at radius 2 is 2.14 bits per heavy atom. The molecular weight excluding hydrogens is 309 g/mol. The largest absolute Gasteiger partial charge is 0.378 e. The van der Waals surface area contributed by atoms with E-state index < -0.39 is 21.9 Å². The molecule has 7 heteroatoms. The summed E-state index contributed by atoms with van der Waals surface area (Å²) in [7, 11) is -3.83. The van der Waals surface area contributed by atoms with E-state index in [1.165, 1.54) is 22.5 Å². The standard InChI is InChI=1S/C15H18FNO4S/c16-11-3-1-4-12(9-11)22(19,20)17-7-8-21-10-14(17)13-5-2-6-15(13)18/h1,3-4,9,13-14H,2,5-8,10H2. The number of Topliss-reactive ketones (excluding diaryl/α,β-unsaturated/α-hetero) is 1. The van der Waals surface area contributed by atoms with Crippen molar-refractivity contribution in [1.82, 2.24) is 4.31 Å². The monoisotopic (exact) mass is 327 g/mol. The predicted molar refractivity (Wildman–Crippen MR) is 77.2 cm³/mol. The van der Waals surface area contributed by atoms with E-state index in [0.29, 0.717) is 12.8 Å². The van der Waals surface area contributed by atoms with Crippen LogP contribution in [0.4, 0.5) is 4.39 Å². The highest BCUT2D eigenvalue weighted by Gasteiger charge is 2.42. The van der Waals surface area contributed by atoms with Gasteiger partial charge in [0.1, 0.15) is 11.6 Å². The number of hydrogen-bond donors (Lipinski definition) is 0. The van der Waals surface area contributed by atoms with Crippen molar-refractivity contribution in [2.45, 2.75) is 30.2 Å². The van der Waals surface area contributed by atoms with Gasteiger partial charge in [-0.15, -0.1) is 0 Å². The van der Waals surface area contributed by atoms with E-state index in [9.17, 15) is 17.6 Å². The molecule has 2 unspecified atom stereocenters. The van der Waals surface area contributed by atoms with Crippen molar-refractivity contribution < 1.29 is 22.3 Å². The SMILES string of the molecule is O=C1CCCC1C1COCCN1S(=O)(=O)c1cccc(F)c1. The summed E-state index contributed by atoms with van der Waals surface area (Å²) in [6.45, 7) is 0.685. The minimum atomic E-state index is -3.83. The van der Waals surface area contributed by atoms with Gasteiger partial charge >= 0.3 is 0 Å². The zero-order valence-electron chi connectivity index (χ0n) is 12.1. The Kier molecular flexibility index (Phi) is 4.29. The lowest BCUT2D eigenvalue weighted by Crippen LogP contribution is -2.52. The molecule has 2 aliphatic rings. The fourth-order valence-electron chi connectivity index (χ4n) is 3.24. The van der Waals surface area contributed by atoms with Crippen molar-refractivity contribution >= 4 is 15.8 Å². The Balaban J connectivity index is 1.94. The Hall–Kier alpha value is -1.31. The topological polar surface area (TPSA) is 63.7 Å². The van der Waals surface area contributed by atoms with E-state index >= 15 is 0 Å². The van der Waals surface area contributed by atoms with Crippen molar-refractivity contribution in [3.63, 3.8) is 0 Å². The molecule has 2 atom stereocenters. The van der Waals surface area contributed by atoms with Gasteiger partial charge in [-0.05, 0) is 31.0 Å². The highest BCUT2D eigenvalue weighted by molar-refractivity contribution is 7.89. The summed E-state index contributed by atoms with van der Waals surface area (Å²) in [5.41, 5.74) is 0. The molecule has 0 amide bonds. The van der Waals surface area contributed by atoms with E-state index in [2.05, 4.69) is 0 Å². The second-order valence-corrected chi connectivity index (χ2v) is 7.57. The minimum Gasteiger partial charge on any atom is -0.378 e. The molecule has 1 saturated carbocycles. The van der Waals surface area contributed by atoms with Crippen molar-refractivity contribution in [2.75, 3.05) is 19.8 Å². The van der Waals surface area contributed by atoms with Gasteiger partial charge in [0, 0.05) is 18.9 Å². The number of rotatable bonds is 3. The van der Waals surface area contributed by atoms with Crippen LogP contribution in [0.2, 0.25) is 0 Å². The summed E-state index contributed by atoms with van der Waals surface area (Å²) in [6, 6.07) is 4.48. The number of benzene rings is 1.